The minimum atomic E-state index is -1.09. The van der Waals surface area contributed by atoms with Crippen LogP contribution in [0.1, 0.15) is 19.3 Å². The Labute approximate surface area is 257 Å². The molecule has 1 N–H and O–H groups in total. The predicted octanol–water partition coefficient (Wildman–Crippen LogP) is 5.85. The fourth-order valence-corrected chi connectivity index (χ4v) is 6.39. The quantitative estimate of drug-likeness (QED) is 0.282. The molecule has 1 amide bonds. The number of ether oxygens (including phenoxy) is 1. The summed E-state index contributed by atoms with van der Waals surface area (Å²) < 4.78 is 22.6. The number of halogens is 3. The molecule has 13 heteroatoms. The molecule has 0 saturated carbocycles. The van der Waals surface area contributed by atoms with Crippen molar-refractivity contribution in [2.45, 2.75) is 31.3 Å². The van der Waals surface area contributed by atoms with Crippen LogP contribution in [0, 0.1) is 17.1 Å². The van der Waals surface area contributed by atoms with Crippen molar-refractivity contribution in [1.82, 2.24) is 24.8 Å². The van der Waals surface area contributed by atoms with E-state index in [4.69, 9.17) is 27.9 Å². The maximum atomic E-state index is 16.6. The third kappa shape index (κ3) is 5.46. The van der Waals surface area contributed by atoms with E-state index in [1.807, 2.05) is 24.1 Å². The summed E-state index contributed by atoms with van der Waals surface area (Å²) in [7, 11) is 2.03. The van der Waals surface area contributed by atoms with Crippen molar-refractivity contribution in [2.24, 2.45) is 0 Å². The zero-order chi connectivity index (χ0) is 30.2. The van der Waals surface area contributed by atoms with Crippen molar-refractivity contribution in [1.29, 1.82) is 5.26 Å². The zero-order valence-electron chi connectivity index (χ0n) is 23.3. The molecule has 2 fully saturated rings. The molecule has 43 heavy (non-hydrogen) atoms. The van der Waals surface area contributed by atoms with Crippen LogP contribution in [0.5, 0.6) is 6.01 Å². The SMILES string of the molecule is CN1CCCC1COc1nc(N2CCN(C(=O)O)C(CC#N)C2)c2cnc(-c3cccc4ccc(Cl)c(Cl)c34)c(F)c2n1. The highest BCUT2D eigenvalue weighted by molar-refractivity contribution is 6.46. The summed E-state index contributed by atoms with van der Waals surface area (Å²) in [5, 5.41) is 21.3. The first-order valence-corrected chi connectivity index (χ1v) is 14.7. The average molecular weight is 625 g/mol. The molecular formula is C30H28Cl2FN7O3. The van der Waals surface area contributed by atoms with Gasteiger partial charge in [0.25, 0.3) is 0 Å². The summed E-state index contributed by atoms with van der Waals surface area (Å²) >= 11 is 12.9. The molecule has 2 aromatic carbocycles. The minimum Gasteiger partial charge on any atom is -0.465 e. The van der Waals surface area contributed by atoms with Gasteiger partial charge in [0, 0.05) is 42.8 Å². The third-order valence-electron chi connectivity index (χ3n) is 8.26. The second kappa shape index (κ2) is 12.0. The average Bonchev–Trinajstić information content (AvgIpc) is 3.42. The van der Waals surface area contributed by atoms with Crippen molar-refractivity contribution in [2.75, 3.05) is 44.7 Å². The number of likely N-dealkylation sites (tertiary alicyclic amines) is 1. The number of likely N-dealkylation sites (N-methyl/N-ethyl adjacent to an activating group) is 1. The van der Waals surface area contributed by atoms with Gasteiger partial charge in [0.1, 0.15) is 23.6 Å². The fourth-order valence-electron chi connectivity index (χ4n) is 5.96. The van der Waals surface area contributed by atoms with Crippen LogP contribution in [-0.2, 0) is 0 Å². The van der Waals surface area contributed by atoms with Gasteiger partial charge in [0.15, 0.2) is 5.82 Å². The second-order valence-corrected chi connectivity index (χ2v) is 11.6. The Hall–Kier alpha value is -3.98. The number of anilines is 1. The number of piperazine rings is 1. The number of benzene rings is 2. The zero-order valence-corrected chi connectivity index (χ0v) is 24.8. The summed E-state index contributed by atoms with van der Waals surface area (Å²) in [6.45, 7) is 1.93. The number of carbonyl (C=O) groups is 1. The fraction of sp³-hybridized carbons (Fsp3) is 0.367. The van der Waals surface area contributed by atoms with Crippen molar-refractivity contribution in [3.63, 3.8) is 0 Å². The molecule has 2 saturated heterocycles. The first-order chi connectivity index (χ1) is 20.8. The summed E-state index contributed by atoms with van der Waals surface area (Å²) in [6, 6.07) is 10.6. The van der Waals surface area contributed by atoms with E-state index in [9.17, 15) is 15.2 Å². The van der Waals surface area contributed by atoms with Gasteiger partial charge in [-0.3, -0.25) is 4.98 Å². The van der Waals surface area contributed by atoms with E-state index in [1.165, 1.54) is 11.1 Å². The molecule has 2 aromatic heterocycles. The molecule has 0 spiro atoms. The van der Waals surface area contributed by atoms with Gasteiger partial charge in [-0.25, -0.2) is 9.18 Å². The molecule has 2 aliphatic rings. The number of amides is 1. The van der Waals surface area contributed by atoms with E-state index in [1.54, 1.807) is 18.2 Å². The molecule has 6 rings (SSSR count). The Morgan fingerprint density at radius 3 is 2.77 bits per heavy atom. The number of nitriles is 1. The van der Waals surface area contributed by atoms with Crippen molar-refractivity contribution >= 4 is 56.8 Å². The number of carboxylic acid groups (broad SMARTS) is 1. The smallest absolute Gasteiger partial charge is 0.407 e. The standard InChI is InChI=1S/C30H28Cl2FN7O3/c1-38-11-3-5-19(38)16-43-29-36-27-21(28(37-29)39-12-13-40(30(41)42)18(15-39)9-10-34)14-35-26(25(27)33)20-6-2-4-17-7-8-22(31)24(32)23(17)20/h2,4,6-8,14,18-19H,3,5,9,11-13,15-16H2,1H3,(H,41,42). The lowest BCUT2D eigenvalue weighted by atomic mass is 10.0. The van der Waals surface area contributed by atoms with E-state index in [0.717, 1.165) is 24.8 Å². The van der Waals surface area contributed by atoms with Crippen molar-refractivity contribution in [3.8, 4) is 23.3 Å². The predicted molar refractivity (Wildman–Crippen MR) is 162 cm³/mol. The highest BCUT2D eigenvalue weighted by Crippen LogP contribution is 2.40. The van der Waals surface area contributed by atoms with Crippen LogP contribution in [0.15, 0.2) is 36.5 Å². The van der Waals surface area contributed by atoms with E-state index in [2.05, 4.69) is 25.9 Å². The number of pyridine rings is 1. The molecule has 2 atom stereocenters. The third-order valence-corrected chi connectivity index (χ3v) is 9.07. The molecule has 0 aliphatic carbocycles. The van der Waals surface area contributed by atoms with Crippen LogP contribution in [0.3, 0.4) is 0 Å². The highest BCUT2D eigenvalue weighted by atomic mass is 35.5. The monoisotopic (exact) mass is 623 g/mol. The van der Waals surface area contributed by atoms with Crippen LogP contribution in [0.25, 0.3) is 32.9 Å². The van der Waals surface area contributed by atoms with Gasteiger partial charge < -0.3 is 24.5 Å². The maximum absolute atomic E-state index is 16.6. The summed E-state index contributed by atoms with van der Waals surface area (Å²) in [5.41, 5.74) is 0.521. The molecule has 10 nitrogen and oxygen atoms in total. The topological polar surface area (TPSA) is 119 Å². The number of nitrogens with zero attached hydrogens (tertiary/aromatic N) is 7. The van der Waals surface area contributed by atoms with Crippen LogP contribution in [0.2, 0.25) is 10.0 Å². The number of rotatable bonds is 6. The van der Waals surface area contributed by atoms with Crippen LogP contribution in [-0.4, -0.2) is 87.9 Å². The highest BCUT2D eigenvalue weighted by Gasteiger charge is 2.33. The van der Waals surface area contributed by atoms with Crippen LogP contribution in [0.4, 0.5) is 15.0 Å². The summed E-state index contributed by atoms with van der Waals surface area (Å²) in [6.07, 6.45) is 2.45. The molecule has 2 aliphatic heterocycles. The van der Waals surface area contributed by atoms with Gasteiger partial charge in [0.2, 0.25) is 0 Å². The molecular weight excluding hydrogens is 596 g/mol. The lowest BCUT2D eigenvalue weighted by Gasteiger charge is -2.39. The summed E-state index contributed by atoms with van der Waals surface area (Å²) in [4.78, 5) is 30.8. The minimum absolute atomic E-state index is 0.00431. The molecule has 4 aromatic rings. The van der Waals surface area contributed by atoms with Gasteiger partial charge in [0.05, 0.1) is 34.0 Å². The first-order valence-electron chi connectivity index (χ1n) is 13.9. The number of hydrogen-bond donors (Lipinski definition) is 1. The van der Waals surface area contributed by atoms with Gasteiger partial charge >= 0.3 is 12.1 Å². The van der Waals surface area contributed by atoms with Gasteiger partial charge in [-0.1, -0.05) is 47.5 Å². The van der Waals surface area contributed by atoms with E-state index in [-0.39, 0.29) is 49.3 Å². The van der Waals surface area contributed by atoms with Gasteiger partial charge in [-0.2, -0.15) is 15.2 Å². The molecule has 0 bridgehead atoms. The molecule has 2 unspecified atom stereocenters. The molecule has 222 valence electrons. The molecule has 0 radical (unpaired) electrons. The van der Waals surface area contributed by atoms with E-state index >= 15 is 4.39 Å². The Kier molecular flexibility index (Phi) is 8.09. The Balaban J connectivity index is 1.48. The van der Waals surface area contributed by atoms with E-state index in [0.29, 0.717) is 38.8 Å². The Bertz CT molecular complexity index is 1770. The maximum Gasteiger partial charge on any atom is 0.407 e. The second-order valence-electron chi connectivity index (χ2n) is 10.8. The lowest BCUT2D eigenvalue weighted by Crippen LogP contribution is -2.55. The Morgan fingerprint density at radius 2 is 2.02 bits per heavy atom. The van der Waals surface area contributed by atoms with Gasteiger partial charge in [-0.15, -0.1) is 0 Å². The summed E-state index contributed by atoms with van der Waals surface area (Å²) in [5.74, 6) is -0.310. The van der Waals surface area contributed by atoms with Crippen LogP contribution < -0.4 is 9.64 Å². The number of aromatic nitrogens is 3. The largest absolute Gasteiger partial charge is 0.465 e. The van der Waals surface area contributed by atoms with Crippen molar-refractivity contribution in [3.05, 3.63) is 52.4 Å². The first kappa shape index (κ1) is 29.1. The normalized spacial score (nSPS) is 19.2. The van der Waals surface area contributed by atoms with E-state index < -0.39 is 18.0 Å². The van der Waals surface area contributed by atoms with Gasteiger partial charge in [-0.05, 0) is 37.9 Å². The molecule has 4 heterocycles. The number of hydrogen-bond acceptors (Lipinski definition) is 8. The number of fused-ring (bicyclic) bond motifs is 2. The van der Waals surface area contributed by atoms with Crippen LogP contribution >= 0.6 is 23.2 Å². The van der Waals surface area contributed by atoms with Crippen molar-refractivity contribution < 1.29 is 19.0 Å². The lowest BCUT2D eigenvalue weighted by molar-refractivity contribution is 0.119. The Morgan fingerprint density at radius 1 is 1.19 bits per heavy atom.